The maximum Gasteiger partial charge on any atom is 0.326 e. The molecule has 1 aromatic heterocycles. The number of carboxylic acids is 1. The number of carbonyl (C=O) groups is 3. The zero-order valence-corrected chi connectivity index (χ0v) is 14.9. The molecule has 0 unspecified atom stereocenters. The van der Waals surface area contributed by atoms with Gasteiger partial charge in [0.2, 0.25) is 0 Å². The van der Waals surface area contributed by atoms with Crippen molar-refractivity contribution in [3.63, 3.8) is 0 Å². The van der Waals surface area contributed by atoms with Crippen LogP contribution >= 0.6 is 0 Å². The highest BCUT2D eigenvalue weighted by Gasteiger charge is 2.25. The minimum Gasteiger partial charge on any atom is -0.480 e. The van der Waals surface area contributed by atoms with E-state index < -0.39 is 30.3 Å². The lowest BCUT2D eigenvalue weighted by Gasteiger charge is -2.15. The third-order valence-corrected chi connectivity index (χ3v) is 4.09. The van der Waals surface area contributed by atoms with E-state index in [1.165, 1.54) is 0 Å². The number of benzene rings is 2. The summed E-state index contributed by atoms with van der Waals surface area (Å²) in [4.78, 5) is 40.3. The van der Waals surface area contributed by atoms with E-state index in [9.17, 15) is 19.5 Å². The SMILES string of the molecule is O=C(C[C@H](NC(=O)c1cccc2cccnc12)C(=O)O)OCc1ccccc1. The monoisotopic (exact) mass is 378 g/mol. The first-order chi connectivity index (χ1) is 13.5. The molecule has 2 N–H and O–H groups in total. The molecule has 0 saturated heterocycles. The number of pyridine rings is 1. The first kappa shape index (κ1) is 19.0. The number of fused-ring (bicyclic) bond motifs is 1. The van der Waals surface area contributed by atoms with Crippen LogP contribution in [-0.4, -0.2) is 34.0 Å². The van der Waals surface area contributed by atoms with Crippen molar-refractivity contribution in [2.45, 2.75) is 19.1 Å². The van der Waals surface area contributed by atoms with Gasteiger partial charge in [-0.25, -0.2) is 4.79 Å². The van der Waals surface area contributed by atoms with E-state index in [-0.39, 0.29) is 12.2 Å². The number of amides is 1. The molecule has 0 saturated carbocycles. The van der Waals surface area contributed by atoms with Crippen molar-refractivity contribution in [3.8, 4) is 0 Å². The second kappa shape index (κ2) is 8.77. The minimum absolute atomic E-state index is 0.0349. The molecular formula is C21H18N2O5. The Hall–Kier alpha value is -3.74. The van der Waals surface area contributed by atoms with Gasteiger partial charge in [-0.05, 0) is 17.7 Å². The Kier molecular flexibility index (Phi) is 5.96. The average molecular weight is 378 g/mol. The van der Waals surface area contributed by atoms with E-state index in [4.69, 9.17) is 4.74 Å². The average Bonchev–Trinajstić information content (AvgIpc) is 2.72. The van der Waals surface area contributed by atoms with Gasteiger partial charge in [0, 0.05) is 11.6 Å². The van der Waals surface area contributed by atoms with Gasteiger partial charge in [-0.2, -0.15) is 0 Å². The number of aliphatic carboxylic acids is 1. The number of nitrogens with zero attached hydrogens (tertiary/aromatic N) is 1. The van der Waals surface area contributed by atoms with Crippen molar-refractivity contribution in [3.05, 3.63) is 78.0 Å². The molecule has 0 fully saturated rings. The van der Waals surface area contributed by atoms with Gasteiger partial charge in [0.15, 0.2) is 0 Å². The summed E-state index contributed by atoms with van der Waals surface area (Å²) in [6.07, 6.45) is 1.07. The highest BCUT2D eigenvalue weighted by atomic mass is 16.5. The van der Waals surface area contributed by atoms with Gasteiger partial charge in [0.25, 0.3) is 5.91 Å². The van der Waals surface area contributed by atoms with Crippen molar-refractivity contribution in [1.29, 1.82) is 0 Å². The number of rotatable bonds is 7. The fourth-order valence-corrected chi connectivity index (χ4v) is 2.69. The molecule has 7 nitrogen and oxygen atoms in total. The molecule has 1 atom stereocenters. The number of carbonyl (C=O) groups excluding carboxylic acids is 2. The van der Waals surface area contributed by atoms with Gasteiger partial charge in [-0.3, -0.25) is 14.6 Å². The van der Waals surface area contributed by atoms with E-state index >= 15 is 0 Å². The van der Waals surface area contributed by atoms with Crippen LogP contribution in [0.4, 0.5) is 0 Å². The Labute approximate surface area is 161 Å². The molecule has 142 valence electrons. The highest BCUT2D eigenvalue weighted by molar-refractivity contribution is 6.06. The molecule has 0 bridgehead atoms. The normalized spacial score (nSPS) is 11.6. The smallest absolute Gasteiger partial charge is 0.326 e. The summed E-state index contributed by atoms with van der Waals surface area (Å²) >= 11 is 0. The summed E-state index contributed by atoms with van der Waals surface area (Å²) in [5, 5.41) is 12.5. The molecule has 0 aliphatic carbocycles. The first-order valence-electron chi connectivity index (χ1n) is 8.61. The van der Waals surface area contributed by atoms with Crippen LogP contribution in [0.2, 0.25) is 0 Å². The third-order valence-electron chi connectivity index (χ3n) is 4.09. The Balaban J connectivity index is 1.66. The second-order valence-corrected chi connectivity index (χ2v) is 6.10. The number of ether oxygens (including phenoxy) is 1. The maximum atomic E-state index is 12.6. The summed E-state index contributed by atoms with van der Waals surface area (Å²) in [6, 6.07) is 16.2. The summed E-state index contributed by atoms with van der Waals surface area (Å²) in [7, 11) is 0. The fourth-order valence-electron chi connectivity index (χ4n) is 2.69. The molecule has 0 radical (unpaired) electrons. The van der Waals surface area contributed by atoms with E-state index in [2.05, 4.69) is 10.3 Å². The standard InChI is InChI=1S/C21H18N2O5/c24-18(28-13-14-6-2-1-3-7-14)12-17(21(26)27)23-20(25)16-10-4-8-15-9-5-11-22-19(15)16/h1-11,17H,12-13H2,(H,23,25)(H,26,27)/t17-/m0/s1. The summed E-state index contributed by atoms with van der Waals surface area (Å²) in [5.74, 6) is -2.65. The van der Waals surface area contributed by atoms with Crippen LogP contribution in [0.3, 0.4) is 0 Å². The molecule has 0 aliphatic rings. The van der Waals surface area contributed by atoms with Gasteiger partial charge in [0.1, 0.15) is 12.6 Å². The molecule has 1 heterocycles. The van der Waals surface area contributed by atoms with Crippen molar-refractivity contribution in [1.82, 2.24) is 10.3 Å². The van der Waals surface area contributed by atoms with Gasteiger partial charge in [-0.1, -0.05) is 48.5 Å². The van der Waals surface area contributed by atoms with E-state index in [1.807, 2.05) is 18.2 Å². The van der Waals surface area contributed by atoms with Gasteiger partial charge < -0.3 is 15.2 Å². The predicted octanol–water partition coefficient (Wildman–Crippen LogP) is 2.55. The quantitative estimate of drug-likeness (QED) is 0.612. The molecule has 7 heteroatoms. The van der Waals surface area contributed by atoms with Crippen molar-refractivity contribution in [2.24, 2.45) is 0 Å². The summed E-state index contributed by atoms with van der Waals surface area (Å²) < 4.78 is 5.10. The topological polar surface area (TPSA) is 106 Å². The Morgan fingerprint density at radius 3 is 2.50 bits per heavy atom. The third kappa shape index (κ3) is 4.70. The molecule has 1 amide bonds. The zero-order valence-electron chi connectivity index (χ0n) is 14.9. The molecule has 0 spiro atoms. The number of para-hydroxylation sites is 1. The number of carboxylic acid groups (broad SMARTS) is 1. The lowest BCUT2D eigenvalue weighted by Crippen LogP contribution is -2.42. The first-order valence-corrected chi connectivity index (χ1v) is 8.61. The number of nitrogens with one attached hydrogen (secondary N) is 1. The van der Waals surface area contributed by atoms with E-state index in [0.717, 1.165) is 10.9 Å². The van der Waals surface area contributed by atoms with E-state index in [0.29, 0.717) is 5.52 Å². The Bertz CT molecular complexity index is 999. The van der Waals surface area contributed by atoms with Crippen LogP contribution in [0, 0.1) is 0 Å². The van der Waals surface area contributed by atoms with Crippen LogP contribution in [0.25, 0.3) is 10.9 Å². The van der Waals surface area contributed by atoms with Gasteiger partial charge >= 0.3 is 11.9 Å². The number of aromatic nitrogens is 1. The largest absolute Gasteiger partial charge is 0.480 e. The summed E-state index contributed by atoms with van der Waals surface area (Å²) in [5.41, 5.74) is 1.48. The van der Waals surface area contributed by atoms with Crippen LogP contribution in [0.5, 0.6) is 0 Å². The van der Waals surface area contributed by atoms with Gasteiger partial charge in [-0.15, -0.1) is 0 Å². The summed E-state index contributed by atoms with van der Waals surface area (Å²) in [6.45, 7) is 0.0349. The van der Waals surface area contributed by atoms with Gasteiger partial charge in [0.05, 0.1) is 17.5 Å². The molecule has 0 aliphatic heterocycles. The van der Waals surface area contributed by atoms with Crippen LogP contribution in [0.15, 0.2) is 66.9 Å². The van der Waals surface area contributed by atoms with Crippen LogP contribution < -0.4 is 5.32 Å². The Morgan fingerprint density at radius 2 is 1.75 bits per heavy atom. The Morgan fingerprint density at radius 1 is 1.00 bits per heavy atom. The highest BCUT2D eigenvalue weighted by Crippen LogP contribution is 2.16. The predicted molar refractivity (Wildman–Crippen MR) is 101 cm³/mol. The van der Waals surface area contributed by atoms with Crippen LogP contribution in [-0.2, 0) is 20.9 Å². The number of esters is 1. The molecule has 3 rings (SSSR count). The minimum atomic E-state index is -1.41. The molecule has 2 aromatic carbocycles. The number of hydrogen-bond acceptors (Lipinski definition) is 5. The van der Waals surface area contributed by atoms with Crippen molar-refractivity contribution >= 4 is 28.7 Å². The van der Waals surface area contributed by atoms with Crippen LogP contribution in [0.1, 0.15) is 22.3 Å². The molecular weight excluding hydrogens is 360 g/mol. The zero-order chi connectivity index (χ0) is 19.9. The molecule has 3 aromatic rings. The number of hydrogen-bond donors (Lipinski definition) is 2. The fraction of sp³-hybridized carbons (Fsp3) is 0.143. The van der Waals surface area contributed by atoms with E-state index in [1.54, 1.807) is 48.7 Å². The van der Waals surface area contributed by atoms with Crippen molar-refractivity contribution in [2.75, 3.05) is 0 Å². The maximum absolute atomic E-state index is 12.6. The van der Waals surface area contributed by atoms with Crippen molar-refractivity contribution < 1.29 is 24.2 Å². The lowest BCUT2D eigenvalue weighted by molar-refractivity contribution is -0.150. The molecule has 28 heavy (non-hydrogen) atoms. The lowest BCUT2D eigenvalue weighted by atomic mass is 10.1. The second-order valence-electron chi connectivity index (χ2n) is 6.10.